The van der Waals surface area contributed by atoms with Crippen LogP contribution in [0.1, 0.15) is 15.9 Å². The SMILES string of the molecule is C=CCN(CC=C)C(=O)COC(=O)c1cccc(S(=O)(=O)N2CCc3ccccc32)c1. The lowest BCUT2D eigenvalue weighted by Gasteiger charge is -2.20. The molecule has 0 aromatic heterocycles. The zero-order chi connectivity index (χ0) is 22.4. The summed E-state index contributed by atoms with van der Waals surface area (Å²) in [5.41, 5.74) is 1.66. The fourth-order valence-electron chi connectivity index (χ4n) is 3.36. The topological polar surface area (TPSA) is 84.0 Å². The number of rotatable bonds is 9. The molecule has 1 aliphatic heterocycles. The summed E-state index contributed by atoms with van der Waals surface area (Å²) in [6, 6.07) is 13.0. The first-order valence-electron chi connectivity index (χ1n) is 9.76. The molecule has 0 saturated heterocycles. The van der Waals surface area contributed by atoms with Crippen molar-refractivity contribution >= 4 is 27.6 Å². The Balaban J connectivity index is 1.74. The van der Waals surface area contributed by atoms with Crippen LogP contribution in [0.5, 0.6) is 0 Å². The van der Waals surface area contributed by atoms with Gasteiger partial charge in [-0.3, -0.25) is 9.10 Å². The van der Waals surface area contributed by atoms with E-state index in [0.29, 0.717) is 31.7 Å². The van der Waals surface area contributed by atoms with E-state index in [4.69, 9.17) is 4.74 Å². The number of anilines is 1. The zero-order valence-corrected chi connectivity index (χ0v) is 17.9. The summed E-state index contributed by atoms with van der Waals surface area (Å²) in [6.45, 7) is 7.66. The third-order valence-corrected chi connectivity index (χ3v) is 6.69. The van der Waals surface area contributed by atoms with Gasteiger partial charge >= 0.3 is 5.97 Å². The van der Waals surface area contributed by atoms with Crippen LogP contribution in [-0.4, -0.2) is 51.4 Å². The van der Waals surface area contributed by atoms with E-state index in [0.717, 1.165) is 5.56 Å². The number of para-hydroxylation sites is 1. The molecule has 7 nitrogen and oxygen atoms in total. The Kier molecular flexibility index (Phi) is 6.91. The monoisotopic (exact) mass is 440 g/mol. The normalized spacial score (nSPS) is 12.7. The molecule has 0 radical (unpaired) electrons. The molecule has 2 aromatic rings. The highest BCUT2D eigenvalue weighted by atomic mass is 32.2. The number of amides is 1. The van der Waals surface area contributed by atoms with Crippen LogP contribution in [-0.2, 0) is 26.0 Å². The van der Waals surface area contributed by atoms with Gasteiger partial charge in [-0.25, -0.2) is 13.2 Å². The molecule has 1 heterocycles. The van der Waals surface area contributed by atoms with Crippen LogP contribution in [0.25, 0.3) is 0 Å². The minimum Gasteiger partial charge on any atom is -0.452 e. The van der Waals surface area contributed by atoms with Gasteiger partial charge in [0.15, 0.2) is 6.61 Å². The number of nitrogens with zero attached hydrogens (tertiary/aromatic N) is 2. The Morgan fingerprint density at radius 3 is 2.48 bits per heavy atom. The Morgan fingerprint density at radius 1 is 1.06 bits per heavy atom. The van der Waals surface area contributed by atoms with Gasteiger partial charge in [0.1, 0.15) is 0 Å². The van der Waals surface area contributed by atoms with Gasteiger partial charge in [-0.05, 0) is 36.2 Å². The molecule has 8 heteroatoms. The zero-order valence-electron chi connectivity index (χ0n) is 17.1. The van der Waals surface area contributed by atoms with Gasteiger partial charge in [-0.2, -0.15) is 0 Å². The number of hydrogen-bond acceptors (Lipinski definition) is 5. The summed E-state index contributed by atoms with van der Waals surface area (Å²) in [6.07, 6.45) is 3.76. The van der Waals surface area contributed by atoms with E-state index in [1.54, 1.807) is 24.3 Å². The average molecular weight is 441 g/mol. The summed E-state index contributed by atoms with van der Waals surface area (Å²) in [5, 5.41) is 0. The molecule has 0 unspecified atom stereocenters. The first-order valence-corrected chi connectivity index (χ1v) is 11.2. The van der Waals surface area contributed by atoms with Crippen LogP contribution in [0.2, 0.25) is 0 Å². The highest BCUT2D eigenvalue weighted by Crippen LogP contribution is 2.32. The lowest BCUT2D eigenvalue weighted by molar-refractivity contribution is -0.133. The molecule has 0 bridgehead atoms. The summed E-state index contributed by atoms with van der Waals surface area (Å²) in [4.78, 5) is 26.1. The van der Waals surface area contributed by atoms with E-state index in [1.165, 1.54) is 33.5 Å². The molecule has 3 rings (SSSR count). The molecule has 0 aliphatic carbocycles. The van der Waals surface area contributed by atoms with Crippen LogP contribution in [0, 0.1) is 0 Å². The van der Waals surface area contributed by atoms with Crippen molar-refractivity contribution < 1.29 is 22.7 Å². The fraction of sp³-hybridized carbons (Fsp3) is 0.217. The Hall–Kier alpha value is -3.39. The van der Waals surface area contributed by atoms with Crippen molar-refractivity contribution in [3.8, 4) is 0 Å². The van der Waals surface area contributed by atoms with Crippen molar-refractivity contribution in [2.45, 2.75) is 11.3 Å². The molecule has 31 heavy (non-hydrogen) atoms. The number of esters is 1. The first-order chi connectivity index (χ1) is 14.9. The van der Waals surface area contributed by atoms with Gasteiger partial charge in [0.25, 0.3) is 15.9 Å². The Morgan fingerprint density at radius 2 is 1.77 bits per heavy atom. The number of carbonyl (C=O) groups excluding carboxylic acids is 2. The van der Waals surface area contributed by atoms with Crippen LogP contribution < -0.4 is 4.31 Å². The van der Waals surface area contributed by atoms with Crippen molar-refractivity contribution in [3.05, 3.63) is 85.0 Å². The standard InChI is InChI=1S/C23H24N2O5S/c1-3-13-24(14-4-2)22(26)17-30-23(27)19-9-7-10-20(16-19)31(28,29)25-15-12-18-8-5-6-11-21(18)25/h3-11,16H,1-2,12-15,17H2. The summed E-state index contributed by atoms with van der Waals surface area (Å²) in [7, 11) is -3.84. The summed E-state index contributed by atoms with van der Waals surface area (Å²) < 4.78 is 32.8. The quantitative estimate of drug-likeness (QED) is 0.442. The van der Waals surface area contributed by atoms with Crippen molar-refractivity contribution in [2.24, 2.45) is 0 Å². The summed E-state index contributed by atoms with van der Waals surface area (Å²) >= 11 is 0. The van der Waals surface area contributed by atoms with E-state index in [1.807, 2.05) is 12.1 Å². The van der Waals surface area contributed by atoms with Crippen molar-refractivity contribution in [2.75, 3.05) is 30.5 Å². The van der Waals surface area contributed by atoms with Gasteiger partial charge in [0, 0.05) is 19.6 Å². The molecule has 162 valence electrons. The van der Waals surface area contributed by atoms with Gasteiger partial charge in [0.2, 0.25) is 0 Å². The summed E-state index contributed by atoms with van der Waals surface area (Å²) in [5.74, 6) is -1.17. The number of sulfonamides is 1. The van der Waals surface area contributed by atoms with Gasteiger partial charge < -0.3 is 9.64 Å². The number of benzene rings is 2. The molecule has 0 fully saturated rings. The Labute approximate surface area is 182 Å². The molecule has 0 saturated carbocycles. The second-order valence-electron chi connectivity index (χ2n) is 6.94. The average Bonchev–Trinajstić information content (AvgIpc) is 3.22. The Bertz CT molecular complexity index is 1100. The predicted molar refractivity (Wildman–Crippen MR) is 118 cm³/mol. The number of fused-ring (bicyclic) bond motifs is 1. The van der Waals surface area contributed by atoms with Gasteiger partial charge in [-0.1, -0.05) is 36.4 Å². The third-order valence-electron chi connectivity index (χ3n) is 4.88. The lowest BCUT2D eigenvalue weighted by atomic mass is 10.2. The lowest BCUT2D eigenvalue weighted by Crippen LogP contribution is -2.35. The predicted octanol–water partition coefficient (Wildman–Crippen LogP) is 2.80. The van der Waals surface area contributed by atoms with Crippen LogP contribution in [0.3, 0.4) is 0 Å². The third kappa shape index (κ3) is 4.86. The molecule has 0 spiro atoms. The minimum absolute atomic E-state index is 0.00933. The van der Waals surface area contributed by atoms with Gasteiger partial charge in [-0.15, -0.1) is 13.2 Å². The molecule has 0 N–H and O–H groups in total. The van der Waals surface area contributed by atoms with E-state index in [2.05, 4.69) is 13.2 Å². The molecular weight excluding hydrogens is 416 g/mol. The van der Waals surface area contributed by atoms with E-state index in [-0.39, 0.29) is 10.5 Å². The fourth-order valence-corrected chi connectivity index (χ4v) is 4.91. The van der Waals surface area contributed by atoms with E-state index in [9.17, 15) is 18.0 Å². The van der Waals surface area contributed by atoms with Crippen LogP contribution in [0.15, 0.2) is 78.7 Å². The largest absolute Gasteiger partial charge is 0.452 e. The van der Waals surface area contributed by atoms with Crippen molar-refractivity contribution in [1.29, 1.82) is 0 Å². The molecular formula is C23H24N2O5S. The second-order valence-corrected chi connectivity index (χ2v) is 8.80. The maximum Gasteiger partial charge on any atom is 0.338 e. The maximum absolute atomic E-state index is 13.2. The number of ether oxygens (including phenoxy) is 1. The van der Waals surface area contributed by atoms with Crippen LogP contribution in [0.4, 0.5) is 5.69 Å². The second kappa shape index (κ2) is 9.61. The van der Waals surface area contributed by atoms with E-state index < -0.39 is 28.5 Å². The minimum atomic E-state index is -3.84. The van der Waals surface area contributed by atoms with Crippen molar-refractivity contribution in [1.82, 2.24) is 4.90 Å². The van der Waals surface area contributed by atoms with E-state index >= 15 is 0 Å². The van der Waals surface area contributed by atoms with Gasteiger partial charge in [0.05, 0.1) is 16.1 Å². The number of carbonyl (C=O) groups is 2. The molecule has 2 aromatic carbocycles. The smallest absolute Gasteiger partial charge is 0.338 e. The highest BCUT2D eigenvalue weighted by molar-refractivity contribution is 7.92. The van der Waals surface area contributed by atoms with Crippen molar-refractivity contribution in [3.63, 3.8) is 0 Å². The molecule has 0 atom stereocenters. The first kappa shape index (κ1) is 22.3. The molecule has 1 amide bonds. The number of hydrogen-bond donors (Lipinski definition) is 0. The molecule has 1 aliphatic rings. The van der Waals surface area contributed by atoms with Crippen LogP contribution >= 0.6 is 0 Å². The highest BCUT2D eigenvalue weighted by Gasteiger charge is 2.31. The maximum atomic E-state index is 13.2.